The monoisotopic (exact) mass is 351 g/mol. The van der Waals surface area contributed by atoms with Crippen LogP contribution in [0.1, 0.15) is 17.3 Å². The first-order chi connectivity index (χ1) is 11.4. The van der Waals surface area contributed by atoms with Crippen molar-refractivity contribution in [3.8, 4) is 0 Å². The lowest BCUT2D eigenvalue weighted by Gasteiger charge is -2.07. The third-order valence-electron chi connectivity index (χ3n) is 3.32. The third-order valence-corrected chi connectivity index (χ3v) is 4.26. The number of thioether (sulfide) groups is 1. The maximum Gasteiger partial charge on any atom is 0.328 e. The first-order valence-electron chi connectivity index (χ1n) is 7.28. The lowest BCUT2D eigenvalue weighted by atomic mass is 10.1. The van der Waals surface area contributed by atoms with E-state index in [9.17, 15) is 19.2 Å². The number of rotatable bonds is 7. The number of carbonyl (C=O) groups is 2. The Kier molecular flexibility index (Phi) is 5.80. The summed E-state index contributed by atoms with van der Waals surface area (Å²) in [7, 11) is 0. The number of nitrogens with zero attached hydrogens (tertiary/aromatic N) is 1. The number of benzene rings is 1. The van der Waals surface area contributed by atoms with E-state index >= 15 is 0 Å². The van der Waals surface area contributed by atoms with Crippen molar-refractivity contribution >= 4 is 34.5 Å². The van der Waals surface area contributed by atoms with Crippen LogP contribution in [0.3, 0.4) is 0 Å². The van der Waals surface area contributed by atoms with Crippen LogP contribution in [0.2, 0.25) is 0 Å². The summed E-state index contributed by atoms with van der Waals surface area (Å²) in [4.78, 5) is 49.0. The van der Waals surface area contributed by atoms with E-state index in [4.69, 9.17) is 5.11 Å². The van der Waals surface area contributed by atoms with E-state index in [0.29, 0.717) is 28.8 Å². The molecule has 0 aliphatic carbocycles. The molecule has 2 aromatic rings. The molecular weight excluding hydrogens is 334 g/mol. The minimum Gasteiger partial charge on any atom is -0.481 e. The zero-order chi connectivity index (χ0) is 17.7. The molecule has 0 aliphatic heterocycles. The smallest absolute Gasteiger partial charge is 0.328 e. The number of aromatic nitrogens is 2. The summed E-state index contributed by atoms with van der Waals surface area (Å²) in [6, 6.07) is 4.48. The van der Waals surface area contributed by atoms with Gasteiger partial charge in [-0.15, -0.1) is 11.8 Å². The van der Waals surface area contributed by atoms with Gasteiger partial charge in [0.25, 0.3) is 11.5 Å². The van der Waals surface area contributed by atoms with Gasteiger partial charge in [0.2, 0.25) is 0 Å². The molecule has 1 amide bonds. The average Bonchev–Trinajstić information content (AvgIpc) is 2.53. The van der Waals surface area contributed by atoms with Gasteiger partial charge < -0.3 is 15.4 Å². The van der Waals surface area contributed by atoms with Gasteiger partial charge >= 0.3 is 11.7 Å². The maximum absolute atomic E-state index is 12.2. The lowest BCUT2D eigenvalue weighted by molar-refractivity contribution is -0.133. The molecule has 0 spiro atoms. The number of carbonyl (C=O) groups excluding carboxylic acids is 1. The second-order valence-electron chi connectivity index (χ2n) is 4.94. The third kappa shape index (κ3) is 4.05. The van der Waals surface area contributed by atoms with Crippen LogP contribution in [-0.4, -0.2) is 44.6 Å². The Morgan fingerprint density at radius 3 is 2.75 bits per heavy atom. The molecule has 1 heterocycles. The normalized spacial score (nSPS) is 10.7. The first kappa shape index (κ1) is 17.8. The molecule has 8 nitrogen and oxygen atoms in total. The lowest BCUT2D eigenvalue weighted by Crippen LogP contribution is -2.34. The van der Waals surface area contributed by atoms with Gasteiger partial charge in [-0.05, 0) is 25.1 Å². The molecule has 0 aliphatic rings. The van der Waals surface area contributed by atoms with Crippen molar-refractivity contribution in [3.05, 3.63) is 44.6 Å². The minimum absolute atomic E-state index is 0.0171. The Bertz CT molecular complexity index is 887. The van der Waals surface area contributed by atoms with Gasteiger partial charge in [0.1, 0.15) is 0 Å². The van der Waals surface area contributed by atoms with Gasteiger partial charge in [-0.25, -0.2) is 4.79 Å². The highest BCUT2D eigenvalue weighted by Crippen LogP contribution is 2.09. The van der Waals surface area contributed by atoms with E-state index in [1.807, 2.05) is 0 Å². The van der Waals surface area contributed by atoms with E-state index < -0.39 is 17.2 Å². The summed E-state index contributed by atoms with van der Waals surface area (Å²) in [5, 5.41) is 11.5. The predicted molar refractivity (Wildman–Crippen MR) is 91.8 cm³/mol. The van der Waals surface area contributed by atoms with Crippen LogP contribution in [0.4, 0.5) is 0 Å². The first-order valence-corrected chi connectivity index (χ1v) is 8.44. The van der Waals surface area contributed by atoms with Crippen LogP contribution in [0.15, 0.2) is 27.8 Å². The van der Waals surface area contributed by atoms with Gasteiger partial charge in [-0.1, -0.05) is 0 Å². The predicted octanol–water partition coefficient (Wildman–Crippen LogP) is 0.257. The molecular formula is C15H17N3O5S. The number of aliphatic carboxylic acids is 1. The van der Waals surface area contributed by atoms with Crippen LogP contribution in [0.25, 0.3) is 10.9 Å². The maximum atomic E-state index is 12.2. The molecule has 0 atom stereocenters. The number of nitrogens with one attached hydrogen (secondary N) is 2. The summed E-state index contributed by atoms with van der Waals surface area (Å²) in [6.45, 7) is 2.29. The molecule has 0 fully saturated rings. The number of fused-ring (bicyclic) bond motifs is 1. The van der Waals surface area contributed by atoms with Crippen molar-refractivity contribution in [2.45, 2.75) is 13.5 Å². The number of aromatic amines is 1. The SMILES string of the molecule is CCn1c(=O)[nH]c2cc(C(=O)NCCSCC(=O)O)ccc2c1=O. The molecule has 9 heteroatoms. The Morgan fingerprint density at radius 2 is 2.08 bits per heavy atom. The van der Waals surface area contributed by atoms with E-state index in [-0.39, 0.29) is 18.2 Å². The molecule has 0 saturated heterocycles. The van der Waals surface area contributed by atoms with Crippen LogP contribution in [0, 0.1) is 0 Å². The fraction of sp³-hybridized carbons (Fsp3) is 0.333. The molecule has 2 rings (SSSR count). The van der Waals surface area contributed by atoms with Crippen molar-refractivity contribution in [1.82, 2.24) is 14.9 Å². The van der Waals surface area contributed by atoms with E-state index in [1.165, 1.54) is 30.0 Å². The van der Waals surface area contributed by atoms with Gasteiger partial charge in [0.15, 0.2) is 0 Å². The van der Waals surface area contributed by atoms with Gasteiger partial charge in [0, 0.05) is 24.4 Å². The molecule has 0 radical (unpaired) electrons. The Morgan fingerprint density at radius 1 is 1.33 bits per heavy atom. The molecule has 0 bridgehead atoms. The molecule has 1 aromatic heterocycles. The minimum atomic E-state index is -0.900. The van der Waals surface area contributed by atoms with E-state index in [2.05, 4.69) is 10.3 Å². The van der Waals surface area contributed by atoms with Gasteiger partial charge in [-0.2, -0.15) is 0 Å². The molecule has 24 heavy (non-hydrogen) atoms. The van der Waals surface area contributed by atoms with Crippen LogP contribution in [0.5, 0.6) is 0 Å². The second kappa shape index (κ2) is 7.82. The fourth-order valence-corrected chi connectivity index (χ4v) is 2.75. The number of hydrogen-bond donors (Lipinski definition) is 3. The summed E-state index contributed by atoms with van der Waals surface area (Å²) in [5.74, 6) is -0.795. The quantitative estimate of drug-likeness (QED) is 0.615. The highest BCUT2D eigenvalue weighted by molar-refractivity contribution is 7.99. The van der Waals surface area contributed by atoms with Gasteiger partial charge in [-0.3, -0.25) is 19.0 Å². The van der Waals surface area contributed by atoms with Crippen LogP contribution < -0.4 is 16.6 Å². The van der Waals surface area contributed by atoms with Crippen LogP contribution >= 0.6 is 11.8 Å². The summed E-state index contributed by atoms with van der Waals surface area (Å²) >= 11 is 1.20. The van der Waals surface area contributed by atoms with Crippen molar-refractivity contribution in [2.75, 3.05) is 18.1 Å². The fourth-order valence-electron chi connectivity index (χ4n) is 2.18. The van der Waals surface area contributed by atoms with Crippen molar-refractivity contribution in [2.24, 2.45) is 0 Å². The number of carboxylic acid groups (broad SMARTS) is 1. The number of H-pyrrole nitrogens is 1. The molecule has 3 N–H and O–H groups in total. The van der Waals surface area contributed by atoms with Gasteiger partial charge in [0.05, 0.1) is 16.7 Å². The zero-order valence-electron chi connectivity index (χ0n) is 13.0. The number of hydrogen-bond acceptors (Lipinski definition) is 5. The van der Waals surface area contributed by atoms with Crippen molar-refractivity contribution in [3.63, 3.8) is 0 Å². The molecule has 0 unspecified atom stereocenters. The zero-order valence-corrected chi connectivity index (χ0v) is 13.8. The summed E-state index contributed by atoms with van der Waals surface area (Å²) in [5.41, 5.74) is -0.288. The second-order valence-corrected chi connectivity index (χ2v) is 6.05. The average molecular weight is 351 g/mol. The van der Waals surface area contributed by atoms with E-state index in [0.717, 1.165) is 4.57 Å². The standard InChI is InChI=1S/C15H17N3O5S/c1-2-18-14(22)10-4-3-9(7-11(10)17-15(18)23)13(21)16-5-6-24-8-12(19)20/h3-4,7H,2,5-6,8H2,1H3,(H,16,21)(H,17,23)(H,19,20). The Hall–Kier alpha value is -2.55. The number of carboxylic acids is 1. The van der Waals surface area contributed by atoms with Crippen molar-refractivity contribution < 1.29 is 14.7 Å². The van der Waals surface area contributed by atoms with Crippen LogP contribution in [-0.2, 0) is 11.3 Å². The summed E-state index contributed by atoms with van der Waals surface area (Å²) < 4.78 is 1.09. The topological polar surface area (TPSA) is 121 Å². The Balaban J connectivity index is 2.13. The molecule has 1 aromatic carbocycles. The Labute approximate surface area is 140 Å². The summed E-state index contributed by atoms with van der Waals surface area (Å²) in [6.07, 6.45) is 0. The molecule has 128 valence electrons. The van der Waals surface area contributed by atoms with Crippen molar-refractivity contribution in [1.29, 1.82) is 0 Å². The highest BCUT2D eigenvalue weighted by Gasteiger charge is 2.10. The van der Waals surface area contributed by atoms with E-state index in [1.54, 1.807) is 6.92 Å². The largest absolute Gasteiger partial charge is 0.481 e. The number of amides is 1. The molecule has 0 saturated carbocycles. The highest BCUT2D eigenvalue weighted by atomic mass is 32.2.